The van der Waals surface area contributed by atoms with Gasteiger partial charge in [0.25, 0.3) is 0 Å². The summed E-state index contributed by atoms with van der Waals surface area (Å²) < 4.78 is 5.83. The summed E-state index contributed by atoms with van der Waals surface area (Å²) in [4.78, 5) is 25.4. The van der Waals surface area contributed by atoms with Crippen LogP contribution in [0, 0.1) is 12.8 Å². The first-order valence-electron chi connectivity index (χ1n) is 9.53. The Balaban J connectivity index is 1.62. The van der Waals surface area contributed by atoms with Crippen LogP contribution in [0.25, 0.3) is 0 Å². The van der Waals surface area contributed by atoms with Crippen LogP contribution < -0.4 is 9.64 Å². The summed E-state index contributed by atoms with van der Waals surface area (Å²) in [7, 11) is 0. The highest BCUT2D eigenvalue weighted by Crippen LogP contribution is 2.29. The first-order chi connectivity index (χ1) is 13.1. The molecule has 0 aliphatic carbocycles. The predicted molar refractivity (Wildman–Crippen MR) is 109 cm³/mol. The lowest BCUT2D eigenvalue weighted by Gasteiger charge is -2.22. The smallest absolute Gasteiger partial charge is 0.335 e. The topological polar surface area (TPSA) is 66.8 Å². The van der Waals surface area contributed by atoms with Crippen molar-refractivity contribution in [1.29, 1.82) is 0 Å². The summed E-state index contributed by atoms with van der Waals surface area (Å²) in [6.07, 6.45) is 0.452. The van der Waals surface area contributed by atoms with E-state index in [0.717, 1.165) is 5.69 Å². The van der Waals surface area contributed by atoms with Crippen LogP contribution in [0.15, 0.2) is 42.5 Å². The molecule has 0 saturated carbocycles. The molecule has 0 spiro atoms. The van der Waals surface area contributed by atoms with E-state index in [1.807, 2.05) is 17.0 Å². The Kier molecular flexibility index (Phi) is 5.45. The molecule has 1 aliphatic rings. The van der Waals surface area contributed by atoms with E-state index in [4.69, 9.17) is 9.84 Å². The van der Waals surface area contributed by atoms with E-state index in [0.29, 0.717) is 30.9 Å². The van der Waals surface area contributed by atoms with Crippen LogP contribution in [0.1, 0.15) is 48.7 Å². The number of amides is 1. The lowest BCUT2D eigenvalue weighted by atomic mass is 9.87. The van der Waals surface area contributed by atoms with E-state index in [-0.39, 0.29) is 22.8 Å². The highest BCUT2D eigenvalue weighted by atomic mass is 16.5. The van der Waals surface area contributed by atoms with Gasteiger partial charge in [-0.05, 0) is 53.8 Å². The maximum absolute atomic E-state index is 12.5. The highest BCUT2D eigenvalue weighted by molar-refractivity contribution is 5.95. The number of rotatable bonds is 5. The van der Waals surface area contributed by atoms with Crippen molar-refractivity contribution in [3.63, 3.8) is 0 Å². The highest BCUT2D eigenvalue weighted by Gasteiger charge is 2.31. The molecule has 1 saturated heterocycles. The van der Waals surface area contributed by atoms with Gasteiger partial charge in [0.1, 0.15) is 5.75 Å². The molecule has 1 amide bonds. The van der Waals surface area contributed by atoms with Crippen LogP contribution in [-0.2, 0) is 10.2 Å². The molecule has 0 radical (unpaired) electrons. The van der Waals surface area contributed by atoms with Crippen LogP contribution in [0.4, 0.5) is 5.69 Å². The number of carbonyl (C=O) groups is 2. The van der Waals surface area contributed by atoms with Gasteiger partial charge in [-0.1, -0.05) is 32.9 Å². The number of carbonyl (C=O) groups excluding carboxylic acids is 1. The number of anilines is 1. The third-order valence-corrected chi connectivity index (χ3v) is 5.16. The van der Waals surface area contributed by atoms with Crippen LogP contribution in [0.2, 0.25) is 0 Å². The lowest BCUT2D eigenvalue weighted by Crippen LogP contribution is -2.25. The molecule has 5 nitrogen and oxygen atoms in total. The largest absolute Gasteiger partial charge is 0.493 e. The fourth-order valence-corrected chi connectivity index (χ4v) is 3.46. The first kappa shape index (κ1) is 19.9. The third kappa shape index (κ3) is 4.35. The van der Waals surface area contributed by atoms with Crippen LogP contribution in [0.5, 0.6) is 5.75 Å². The molecule has 3 rings (SSSR count). The maximum atomic E-state index is 12.5. The summed E-state index contributed by atoms with van der Waals surface area (Å²) in [5.74, 6) is -0.106. The van der Waals surface area contributed by atoms with E-state index in [1.165, 1.54) is 5.56 Å². The van der Waals surface area contributed by atoms with Crippen LogP contribution >= 0.6 is 0 Å². The van der Waals surface area contributed by atoms with Crippen molar-refractivity contribution in [2.24, 2.45) is 5.92 Å². The Labute approximate surface area is 165 Å². The minimum atomic E-state index is -0.946. The van der Waals surface area contributed by atoms with Gasteiger partial charge in [-0.3, -0.25) is 4.79 Å². The van der Waals surface area contributed by atoms with Gasteiger partial charge in [0.15, 0.2) is 0 Å². The Hall–Kier alpha value is -2.82. The average Bonchev–Trinajstić information content (AvgIpc) is 3.00. The quantitative estimate of drug-likeness (QED) is 0.832. The number of nitrogens with zero attached hydrogens (tertiary/aromatic N) is 1. The van der Waals surface area contributed by atoms with E-state index in [1.54, 1.807) is 25.1 Å². The van der Waals surface area contributed by atoms with E-state index < -0.39 is 5.97 Å². The predicted octanol–water partition coefficient (Wildman–Crippen LogP) is 4.42. The third-order valence-electron chi connectivity index (χ3n) is 5.16. The van der Waals surface area contributed by atoms with E-state index >= 15 is 0 Å². The molecular formula is C23H27NO4. The second kappa shape index (κ2) is 7.66. The lowest BCUT2D eigenvalue weighted by molar-refractivity contribution is -0.117. The minimum Gasteiger partial charge on any atom is -0.493 e. The maximum Gasteiger partial charge on any atom is 0.335 e. The Morgan fingerprint density at radius 1 is 1.18 bits per heavy atom. The molecule has 28 heavy (non-hydrogen) atoms. The zero-order valence-corrected chi connectivity index (χ0v) is 16.9. The molecule has 2 aromatic rings. The van der Waals surface area contributed by atoms with Crippen molar-refractivity contribution < 1.29 is 19.4 Å². The molecule has 1 heterocycles. The van der Waals surface area contributed by atoms with Crippen molar-refractivity contribution in [2.75, 3.05) is 18.1 Å². The van der Waals surface area contributed by atoms with Crippen LogP contribution in [-0.4, -0.2) is 30.1 Å². The zero-order chi connectivity index (χ0) is 20.5. The molecule has 5 heteroatoms. The molecule has 1 atom stereocenters. The molecule has 1 N–H and O–H groups in total. The molecular weight excluding hydrogens is 354 g/mol. The van der Waals surface area contributed by atoms with Crippen molar-refractivity contribution >= 4 is 17.6 Å². The van der Waals surface area contributed by atoms with Gasteiger partial charge < -0.3 is 14.7 Å². The second-order valence-electron chi connectivity index (χ2n) is 8.46. The standard InChI is InChI=1S/C23H27NO4/c1-15-11-19(9-10-20(15)22(26)27)28-14-16-12-21(25)24(13-16)18-7-5-17(6-8-18)23(2,3)4/h5-11,16H,12-14H2,1-4H3,(H,26,27)/t16-/m0/s1. The molecule has 148 valence electrons. The number of ether oxygens (including phenoxy) is 1. The van der Waals surface area contributed by atoms with Gasteiger partial charge in [-0.25, -0.2) is 4.79 Å². The molecule has 1 fully saturated rings. The SMILES string of the molecule is Cc1cc(OC[C@H]2CC(=O)N(c3ccc(C(C)(C)C)cc3)C2)ccc1C(=O)O. The van der Waals surface area contributed by atoms with Crippen LogP contribution in [0.3, 0.4) is 0 Å². The summed E-state index contributed by atoms with van der Waals surface area (Å²) in [5, 5.41) is 9.10. The minimum absolute atomic E-state index is 0.0816. The number of hydrogen-bond donors (Lipinski definition) is 1. The number of carboxylic acids is 1. The van der Waals surface area contributed by atoms with Crippen molar-refractivity contribution in [2.45, 2.75) is 39.5 Å². The van der Waals surface area contributed by atoms with E-state index in [9.17, 15) is 9.59 Å². The Morgan fingerprint density at radius 3 is 2.43 bits per heavy atom. The van der Waals surface area contributed by atoms with Gasteiger partial charge in [-0.15, -0.1) is 0 Å². The van der Waals surface area contributed by atoms with Gasteiger partial charge in [0.2, 0.25) is 5.91 Å². The number of aromatic carboxylic acids is 1. The van der Waals surface area contributed by atoms with Gasteiger partial charge in [0, 0.05) is 24.6 Å². The van der Waals surface area contributed by atoms with Crippen molar-refractivity contribution in [3.8, 4) is 5.75 Å². The van der Waals surface area contributed by atoms with Crippen molar-refractivity contribution in [1.82, 2.24) is 0 Å². The second-order valence-corrected chi connectivity index (χ2v) is 8.46. The average molecular weight is 381 g/mol. The summed E-state index contributed by atoms with van der Waals surface area (Å²) in [5.41, 5.74) is 3.17. The normalized spacial score (nSPS) is 17.1. The Bertz CT molecular complexity index is 880. The Morgan fingerprint density at radius 2 is 1.86 bits per heavy atom. The van der Waals surface area contributed by atoms with Gasteiger partial charge in [0.05, 0.1) is 12.2 Å². The summed E-state index contributed by atoms with van der Waals surface area (Å²) >= 11 is 0. The molecule has 1 aliphatic heterocycles. The van der Waals surface area contributed by atoms with Crippen molar-refractivity contribution in [3.05, 3.63) is 59.2 Å². The summed E-state index contributed by atoms with van der Waals surface area (Å²) in [6.45, 7) is 9.30. The van der Waals surface area contributed by atoms with Gasteiger partial charge in [-0.2, -0.15) is 0 Å². The fourth-order valence-electron chi connectivity index (χ4n) is 3.46. The molecule has 0 bridgehead atoms. The monoisotopic (exact) mass is 381 g/mol. The zero-order valence-electron chi connectivity index (χ0n) is 16.9. The van der Waals surface area contributed by atoms with Gasteiger partial charge >= 0.3 is 5.97 Å². The fraction of sp³-hybridized carbons (Fsp3) is 0.391. The molecule has 0 aromatic heterocycles. The molecule has 0 unspecified atom stereocenters. The molecule has 2 aromatic carbocycles. The summed E-state index contributed by atoms with van der Waals surface area (Å²) in [6, 6.07) is 13.1. The van der Waals surface area contributed by atoms with E-state index in [2.05, 4.69) is 32.9 Å². The number of carboxylic acid groups (broad SMARTS) is 1. The number of hydrogen-bond acceptors (Lipinski definition) is 3. The first-order valence-corrected chi connectivity index (χ1v) is 9.53. The number of benzene rings is 2. The number of aryl methyl sites for hydroxylation is 1.